The van der Waals surface area contributed by atoms with Crippen LogP contribution in [0.15, 0.2) is 54.6 Å². The highest BCUT2D eigenvalue weighted by Crippen LogP contribution is 2.29. The molecule has 1 aliphatic heterocycles. The molecule has 5 N–H and O–H groups in total. The van der Waals surface area contributed by atoms with Gasteiger partial charge in [-0.25, -0.2) is 4.79 Å². The Balaban J connectivity index is 1.53. The molecule has 13 heteroatoms. The minimum absolute atomic E-state index is 0.160. The van der Waals surface area contributed by atoms with Crippen LogP contribution in [0.25, 0.3) is 0 Å². The van der Waals surface area contributed by atoms with E-state index in [1.165, 1.54) is 0 Å². The number of aliphatic hydroxyl groups is 1. The smallest absolute Gasteiger partial charge is 0.408 e. The van der Waals surface area contributed by atoms with Gasteiger partial charge in [-0.2, -0.15) is 8.42 Å². The Bertz CT molecular complexity index is 1390. The second-order valence-corrected chi connectivity index (χ2v) is 13.6. The summed E-state index contributed by atoms with van der Waals surface area (Å²) >= 11 is 6.18. The second-order valence-electron chi connectivity index (χ2n) is 11.6. The van der Waals surface area contributed by atoms with Gasteiger partial charge in [0.2, 0.25) is 11.8 Å². The van der Waals surface area contributed by atoms with E-state index in [0.717, 1.165) is 43.2 Å². The average Bonchev–Trinajstić information content (AvgIpc) is 3.42. The molecule has 1 heterocycles. The molecule has 0 bridgehead atoms. The molecule has 2 fully saturated rings. The molecular weight excluding hydrogens is 610 g/mol. The van der Waals surface area contributed by atoms with Crippen LogP contribution in [0.2, 0.25) is 5.02 Å². The van der Waals surface area contributed by atoms with Crippen LogP contribution in [0.4, 0.5) is 4.79 Å². The van der Waals surface area contributed by atoms with E-state index in [1.807, 2.05) is 42.5 Å². The van der Waals surface area contributed by atoms with Crippen molar-refractivity contribution in [2.24, 2.45) is 11.8 Å². The molecule has 0 radical (unpaired) electrons. The van der Waals surface area contributed by atoms with Gasteiger partial charge in [0, 0.05) is 30.5 Å². The largest absolute Gasteiger partial charge is 0.441 e. The Morgan fingerprint density at radius 3 is 2.39 bits per heavy atom. The Kier molecular flexibility index (Phi) is 12.0. The molecule has 2 aromatic carbocycles. The van der Waals surface area contributed by atoms with Crippen molar-refractivity contribution in [1.82, 2.24) is 16.0 Å². The number of alkyl carbamates (subject to hydrolysis) is 1. The number of amides is 3. The van der Waals surface area contributed by atoms with E-state index in [0.29, 0.717) is 30.8 Å². The molecule has 4 rings (SSSR count). The van der Waals surface area contributed by atoms with Crippen LogP contribution in [0.5, 0.6) is 0 Å². The van der Waals surface area contributed by atoms with E-state index in [9.17, 15) is 32.5 Å². The van der Waals surface area contributed by atoms with Crippen LogP contribution in [0.1, 0.15) is 68.6 Å². The van der Waals surface area contributed by atoms with Gasteiger partial charge in [-0.1, -0.05) is 86.2 Å². The third-order valence-electron chi connectivity index (χ3n) is 8.34. The average molecular weight is 650 g/mol. The normalized spacial score (nSPS) is 20.2. The number of hydrogen-bond acceptors (Lipinski definition) is 7. The zero-order valence-corrected chi connectivity index (χ0v) is 25.9. The molecule has 11 nitrogen and oxygen atoms in total. The third kappa shape index (κ3) is 9.91. The van der Waals surface area contributed by atoms with Crippen molar-refractivity contribution in [3.8, 4) is 0 Å². The molecule has 240 valence electrons. The van der Waals surface area contributed by atoms with Gasteiger partial charge in [-0.15, -0.1) is 0 Å². The molecule has 1 aliphatic carbocycles. The number of aliphatic hydroxyl groups excluding tert-OH is 1. The van der Waals surface area contributed by atoms with Crippen molar-refractivity contribution in [2.75, 3.05) is 6.54 Å². The summed E-state index contributed by atoms with van der Waals surface area (Å²) in [7, 11) is -4.84. The summed E-state index contributed by atoms with van der Waals surface area (Å²) in [6, 6.07) is 14.3. The highest BCUT2D eigenvalue weighted by Gasteiger charge is 2.38. The fourth-order valence-corrected chi connectivity index (χ4v) is 6.67. The lowest BCUT2D eigenvalue weighted by Gasteiger charge is -2.30. The molecule has 1 saturated carbocycles. The van der Waals surface area contributed by atoms with E-state index >= 15 is 0 Å². The van der Waals surface area contributed by atoms with Crippen LogP contribution in [0, 0.1) is 11.8 Å². The third-order valence-corrected chi connectivity index (χ3v) is 9.45. The Morgan fingerprint density at radius 1 is 1.02 bits per heavy atom. The fraction of sp³-hybridized carbons (Fsp3) is 0.516. The molecule has 3 amide bonds. The maximum Gasteiger partial charge on any atom is 0.408 e. The zero-order chi connectivity index (χ0) is 31.7. The summed E-state index contributed by atoms with van der Waals surface area (Å²) in [6.45, 7) is 0.321. The number of carbonyl (C=O) groups excluding carboxylic acids is 3. The second kappa shape index (κ2) is 15.7. The van der Waals surface area contributed by atoms with Crippen molar-refractivity contribution < 1.29 is 37.2 Å². The molecule has 2 aromatic rings. The van der Waals surface area contributed by atoms with Crippen molar-refractivity contribution in [2.45, 2.75) is 81.4 Å². The van der Waals surface area contributed by atoms with Gasteiger partial charge < -0.3 is 25.8 Å². The number of carbonyl (C=O) groups is 3. The van der Waals surface area contributed by atoms with Gasteiger partial charge in [0.05, 0.1) is 5.92 Å². The van der Waals surface area contributed by atoms with Gasteiger partial charge in [0.25, 0.3) is 10.1 Å². The summed E-state index contributed by atoms with van der Waals surface area (Å²) < 4.78 is 38.4. The van der Waals surface area contributed by atoms with Gasteiger partial charge in [-0.3, -0.25) is 14.1 Å². The summed E-state index contributed by atoms with van der Waals surface area (Å²) in [5, 5.41) is 18.7. The first-order valence-corrected chi connectivity index (χ1v) is 16.9. The Hall–Kier alpha value is -3.19. The van der Waals surface area contributed by atoms with Crippen molar-refractivity contribution in [3.63, 3.8) is 0 Å². The van der Waals surface area contributed by atoms with E-state index in [-0.39, 0.29) is 5.92 Å². The Morgan fingerprint density at radius 2 is 1.75 bits per heavy atom. The SMILES string of the molecule is O=C(N[C@@H](CC1CCCCC1)C(=O)NC(CC(O)S(=O)(=O)O)[C@@H]1CCNC1=O)OC(Cc1cccc(Cl)c1)c1ccccc1. The summed E-state index contributed by atoms with van der Waals surface area (Å²) in [6.07, 6.45) is 3.73. The van der Waals surface area contributed by atoms with E-state index in [2.05, 4.69) is 16.0 Å². The summed E-state index contributed by atoms with van der Waals surface area (Å²) in [4.78, 5) is 39.6. The minimum Gasteiger partial charge on any atom is -0.441 e. The minimum atomic E-state index is -4.84. The van der Waals surface area contributed by atoms with E-state index in [4.69, 9.17) is 16.3 Å². The Labute approximate surface area is 262 Å². The number of benzene rings is 2. The number of halogens is 1. The lowest BCUT2D eigenvalue weighted by atomic mass is 9.84. The number of nitrogens with one attached hydrogen (secondary N) is 3. The number of hydrogen-bond donors (Lipinski definition) is 5. The van der Waals surface area contributed by atoms with E-state index in [1.54, 1.807) is 12.1 Å². The molecule has 0 aromatic heterocycles. The lowest BCUT2D eigenvalue weighted by molar-refractivity contribution is -0.127. The zero-order valence-electron chi connectivity index (χ0n) is 24.4. The highest BCUT2D eigenvalue weighted by molar-refractivity contribution is 7.86. The molecule has 2 aliphatic rings. The maximum atomic E-state index is 13.7. The van der Waals surface area contributed by atoms with Crippen molar-refractivity contribution in [3.05, 3.63) is 70.7 Å². The first kappa shape index (κ1) is 33.7. The molecular formula is C31H40ClN3O8S. The number of rotatable bonds is 13. The summed E-state index contributed by atoms with van der Waals surface area (Å²) in [5.41, 5.74) is -0.595. The summed E-state index contributed by atoms with van der Waals surface area (Å²) in [5.74, 6) is -1.70. The first-order chi connectivity index (χ1) is 21.0. The van der Waals surface area contributed by atoms with Gasteiger partial charge in [-0.05, 0) is 42.0 Å². The van der Waals surface area contributed by atoms with Crippen LogP contribution in [-0.4, -0.2) is 60.0 Å². The molecule has 5 atom stereocenters. The van der Waals surface area contributed by atoms with Gasteiger partial charge >= 0.3 is 6.09 Å². The molecule has 1 saturated heterocycles. The predicted octanol–water partition coefficient (Wildman–Crippen LogP) is 3.91. The van der Waals surface area contributed by atoms with Gasteiger partial charge in [0.15, 0.2) is 5.44 Å². The van der Waals surface area contributed by atoms with Crippen molar-refractivity contribution >= 4 is 39.6 Å². The maximum absolute atomic E-state index is 13.7. The fourth-order valence-electron chi connectivity index (χ4n) is 6.01. The van der Waals surface area contributed by atoms with Gasteiger partial charge in [0.1, 0.15) is 12.1 Å². The topological polar surface area (TPSA) is 171 Å². The van der Waals surface area contributed by atoms with Crippen molar-refractivity contribution in [1.29, 1.82) is 0 Å². The molecule has 0 spiro atoms. The quantitative estimate of drug-likeness (QED) is 0.203. The van der Waals surface area contributed by atoms with Crippen LogP contribution in [-0.2, 0) is 30.9 Å². The highest BCUT2D eigenvalue weighted by atomic mass is 35.5. The monoisotopic (exact) mass is 649 g/mol. The standard InChI is InChI=1S/C31H40ClN3O8S/c32-23-13-7-10-21(16-23)18-27(22-11-5-2-6-12-22)43-31(39)35-26(17-20-8-3-1-4-9-20)30(38)34-25(19-28(36)44(40,41)42)24-14-15-33-29(24)37/h2,5-7,10-13,16,20,24-28,36H,1,3-4,8-9,14-15,17-19H2,(H,33,37)(H,34,38)(H,35,39)(H,40,41,42)/t24-,25?,26-,27?,28?/m0/s1. The first-order valence-electron chi connectivity index (χ1n) is 15.0. The number of ether oxygens (including phenoxy) is 1. The molecule has 3 unspecified atom stereocenters. The predicted molar refractivity (Wildman–Crippen MR) is 164 cm³/mol. The van der Waals surface area contributed by atoms with E-state index < -0.39 is 64.0 Å². The van der Waals surface area contributed by atoms with Crippen LogP contribution < -0.4 is 16.0 Å². The van der Waals surface area contributed by atoms with Crippen LogP contribution in [0.3, 0.4) is 0 Å². The van der Waals surface area contributed by atoms with Crippen LogP contribution >= 0.6 is 11.6 Å². The lowest BCUT2D eigenvalue weighted by Crippen LogP contribution is -2.54. The molecule has 44 heavy (non-hydrogen) atoms.